The second kappa shape index (κ2) is 11.7. The van der Waals surface area contributed by atoms with E-state index in [1.54, 1.807) is 0 Å². The van der Waals surface area contributed by atoms with Crippen LogP contribution in [-0.4, -0.2) is 25.2 Å². The van der Waals surface area contributed by atoms with Gasteiger partial charge in [0, 0.05) is 6.54 Å². The summed E-state index contributed by atoms with van der Waals surface area (Å²) in [5.41, 5.74) is 7.01. The van der Waals surface area contributed by atoms with Crippen LogP contribution in [0.3, 0.4) is 0 Å². The highest BCUT2D eigenvalue weighted by Gasteiger charge is 2.07. The van der Waals surface area contributed by atoms with Gasteiger partial charge in [0.25, 0.3) is 0 Å². The molecule has 0 saturated heterocycles. The predicted octanol–water partition coefficient (Wildman–Crippen LogP) is 3.47. The maximum Gasteiger partial charge on any atom is 0.188 e. The van der Waals surface area contributed by atoms with E-state index in [0.29, 0.717) is 12.5 Å². The quantitative estimate of drug-likeness (QED) is 0.301. The number of halogens is 1. The largest absolute Gasteiger partial charge is 0.489 e. The molecule has 0 spiro atoms. The van der Waals surface area contributed by atoms with E-state index in [-0.39, 0.29) is 30.1 Å². The fourth-order valence-corrected chi connectivity index (χ4v) is 1.78. The van der Waals surface area contributed by atoms with Gasteiger partial charge in [-0.25, -0.2) is 4.99 Å². The monoisotopic (exact) mass is 405 g/mol. The molecule has 120 valence electrons. The van der Waals surface area contributed by atoms with Crippen LogP contribution in [0.4, 0.5) is 0 Å². The van der Waals surface area contributed by atoms with Gasteiger partial charge in [0.15, 0.2) is 5.96 Å². The van der Waals surface area contributed by atoms with E-state index in [0.717, 1.165) is 31.6 Å². The van der Waals surface area contributed by atoms with Crippen molar-refractivity contribution in [3.63, 3.8) is 0 Å². The molecule has 0 aliphatic rings. The molecule has 0 radical (unpaired) electrons. The molecule has 4 nitrogen and oxygen atoms in total. The molecule has 0 aliphatic heterocycles. The molecule has 5 heteroatoms. The van der Waals surface area contributed by atoms with Crippen molar-refractivity contribution in [2.45, 2.75) is 46.1 Å². The Balaban J connectivity index is 0.00000400. The summed E-state index contributed by atoms with van der Waals surface area (Å²) in [7, 11) is 0. The van der Waals surface area contributed by atoms with Gasteiger partial charge in [0.05, 0.1) is 6.54 Å². The average Bonchev–Trinajstić information content (AvgIpc) is 2.43. The number of nitrogens with two attached hydrogens (primary N) is 1. The maximum atomic E-state index is 5.93. The van der Waals surface area contributed by atoms with Crippen LogP contribution in [0.25, 0.3) is 0 Å². The van der Waals surface area contributed by atoms with Crippen molar-refractivity contribution in [3.8, 4) is 5.75 Å². The molecule has 0 aromatic heterocycles. The topological polar surface area (TPSA) is 59.6 Å². The first-order valence-corrected chi connectivity index (χ1v) is 7.42. The van der Waals surface area contributed by atoms with E-state index in [2.05, 4.69) is 37.1 Å². The summed E-state index contributed by atoms with van der Waals surface area (Å²) >= 11 is 0. The van der Waals surface area contributed by atoms with Crippen LogP contribution in [0.5, 0.6) is 5.75 Å². The van der Waals surface area contributed by atoms with Crippen LogP contribution in [0, 0.1) is 6.92 Å². The normalized spacial score (nSPS) is 12.4. The Morgan fingerprint density at radius 1 is 1.38 bits per heavy atom. The Morgan fingerprint density at radius 3 is 2.76 bits per heavy atom. The lowest BCUT2D eigenvalue weighted by Crippen LogP contribution is -2.33. The van der Waals surface area contributed by atoms with E-state index in [4.69, 9.17) is 10.5 Å². The summed E-state index contributed by atoms with van der Waals surface area (Å²) in [4.78, 5) is 4.34. The van der Waals surface area contributed by atoms with Gasteiger partial charge < -0.3 is 15.8 Å². The number of aliphatic imine (C=N–C) groups is 1. The Labute approximate surface area is 145 Å². The lowest BCUT2D eigenvalue weighted by Gasteiger charge is -2.16. The van der Waals surface area contributed by atoms with Crippen LogP contribution < -0.4 is 15.8 Å². The van der Waals surface area contributed by atoms with Crippen molar-refractivity contribution in [2.75, 3.05) is 13.1 Å². The molecular formula is C16H28IN3O. The van der Waals surface area contributed by atoms with Gasteiger partial charge in [-0.15, -0.1) is 24.0 Å². The number of unbranched alkanes of at least 4 members (excludes halogenated alkanes) is 1. The lowest BCUT2D eigenvalue weighted by atomic mass is 10.2. The number of nitrogens with one attached hydrogen (secondary N) is 1. The Kier molecular flexibility index (Phi) is 11.1. The third-order valence-electron chi connectivity index (χ3n) is 3.05. The number of hydrogen-bond acceptors (Lipinski definition) is 2. The third kappa shape index (κ3) is 8.80. The molecule has 1 rings (SSSR count). The minimum Gasteiger partial charge on any atom is -0.489 e. The second-order valence-corrected chi connectivity index (χ2v) is 4.97. The van der Waals surface area contributed by atoms with Crippen molar-refractivity contribution in [1.82, 2.24) is 5.32 Å². The first-order chi connectivity index (χ1) is 9.65. The number of hydrogen-bond donors (Lipinski definition) is 2. The molecule has 0 aliphatic carbocycles. The number of ether oxygens (including phenoxy) is 1. The van der Waals surface area contributed by atoms with Crippen molar-refractivity contribution < 1.29 is 4.74 Å². The van der Waals surface area contributed by atoms with Crippen LogP contribution >= 0.6 is 24.0 Å². The van der Waals surface area contributed by atoms with E-state index < -0.39 is 0 Å². The van der Waals surface area contributed by atoms with Crippen LogP contribution in [0.2, 0.25) is 0 Å². The molecule has 0 heterocycles. The lowest BCUT2D eigenvalue weighted by molar-refractivity contribution is 0.205. The summed E-state index contributed by atoms with van der Waals surface area (Å²) < 4.78 is 5.93. The minimum absolute atomic E-state index is 0. The van der Waals surface area contributed by atoms with E-state index in [9.17, 15) is 0 Å². The molecular weight excluding hydrogens is 377 g/mol. The zero-order valence-electron chi connectivity index (χ0n) is 13.3. The maximum absolute atomic E-state index is 5.93. The molecule has 0 amide bonds. The van der Waals surface area contributed by atoms with E-state index >= 15 is 0 Å². The van der Waals surface area contributed by atoms with Crippen LogP contribution in [-0.2, 0) is 0 Å². The van der Waals surface area contributed by atoms with Gasteiger partial charge >= 0.3 is 0 Å². The molecule has 0 bridgehead atoms. The van der Waals surface area contributed by atoms with Gasteiger partial charge in [0.2, 0.25) is 0 Å². The minimum atomic E-state index is 0. The highest BCUT2D eigenvalue weighted by atomic mass is 127. The summed E-state index contributed by atoms with van der Waals surface area (Å²) in [5, 5.41) is 3.11. The summed E-state index contributed by atoms with van der Waals surface area (Å²) in [6.45, 7) is 7.76. The number of guanidine groups is 1. The summed E-state index contributed by atoms with van der Waals surface area (Å²) in [5.74, 6) is 1.40. The predicted molar refractivity (Wildman–Crippen MR) is 101 cm³/mol. The van der Waals surface area contributed by atoms with Crippen molar-refractivity contribution in [2.24, 2.45) is 10.7 Å². The molecule has 1 aromatic carbocycles. The highest BCUT2D eigenvalue weighted by Crippen LogP contribution is 2.15. The average molecular weight is 405 g/mol. The Morgan fingerprint density at radius 2 is 2.14 bits per heavy atom. The van der Waals surface area contributed by atoms with Gasteiger partial charge in [-0.2, -0.15) is 0 Å². The molecule has 3 N–H and O–H groups in total. The smallest absolute Gasteiger partial charge is 0.188 e. The molecule has 21 heavy (non-hydrogen) atoms. The third-order valence-corrected chi connectivity index (χ3v) is 3.05. The van der Waals surface area contributed by atoms with E-state index in [1.165, 1.54) is 5.56 Å². The molecule has 0 saturated carbocycles. The fraction of sp³-hybridized carbons (Fsp3) is 0.562. The molecule has 0 fully saturated rings. The summed E-state index contributed by atoms with van der Waals surface area (Å²) in [6.07, 6.45) is 3.21. The molecule has 1 atom stereocenters. The van der Waals surface area contributed by atoms with Gasteiger partial charge in [0.1, 0.15) is 11.9 Å². The Hall–Kier alpha value is -0.980. The SMILES string of the molecule is CCCCNC(N)=NCC(CC)Oc1cccc(C)c1.I. The highest BCUT2D eigenvalue weighted by molar-refractivity contribution is 14.0. The molecule has 1 unspecified atom stereocenters. The second-order valence-electron chi connectivity index (χ2n) is 4.97. The van der Waals surface area contributed by atoms with Gasteiger partial charge in [-0.05, 0) is 37.5 Å². The van der Waals surface area contributed by atoms with Crippen LogP contribution in [0.15, 0.2) is 29.3 Å². The first kappa shape index (κ1) is 20.0. The molecule has 1 aromatic rings. The van der Waals surface area contributed by atoms with Gasteiger partial charge in [-0.3, -0.25) is 0 Å². The number of benzene rings is 1. The van der Waals surface area contributed by atoms with Crippen molar-refractivity contribution >= 4 is 29.9 Å². The number of aryl methyl sites for hydroxylation is 1. The zero-order chi connectivity index (χ0) is 14.8. The van der Waals surface area contributed by atoms with Gasteiger partial charge in [-0.1, -0.05) is 32.4 Å². The zero-order valence-corrected chi connectivity index (χ0v) is 15.6. The summed E-state index contributed by atoms with van der Waals surface area (Å²) in [6, 6.07) is 8.07. The van der Waals surface area contributed by atoms with Crippen molar-refractivity contribution in [1.29, 1.82) is 0 Å². The first-order valence-electron chi connectivity index (χ1n) is 7.42. The Bertz CT molecular complexity index is 424. The van der Waals surface area contributed by atoms with E-state index in [1.807, 2.05) is 18.2 Å². The number of nitrogens with zero attached hydrogens (tertiary/aromatic N) is 1. The fourth-order valence-electron chi connectivity index (χ4n) is 1.78. The van der Waals surface area contributed by atoms with Crippen molar-refractivity contribution in [3.05, 3.63) is 29.8 Å². The number of rotatable bonds is 8. The van der Waals surface area contributed by atoms with Crippen LogP contribution in [0.1, 0.15) is 38.7 Å². The standard InChI is InChI=1S/C16H27N3O.HI/c1-4-6-10-18-16(17)19-12-14(5-2)20-15-9-7-8-13(3)11-15;/h7-9,11,14H,4-6,10,12H2,1-3H3,(H3,17,18,19);1H.